The first-order valence-corrected chi connectivity index (χ1v) is 6.26. The topological polar surface area (TPSA) is 59.0 Å². The molecule has 0 saturated heterocycles. The first kappa shape index (κ1) is 12.2. The quantitative estimate of drug-likeness (QED) is 0.748. The van der Waals surface area contributed by atoms with Gasteiger partial charge in [-0.15, -0.1) is 0 Å². The van der Waals surface area contributed by atoms with Gasteiger partial charge in [0.1, 0.15) is 0 Å². The third-order valence-electron chi connectivity index (χ3n) is 3.08. The van der Waals surface area contributed by atoms with Crippen molar-refractivity contribution in [2.24, 2.45) is 7.05 Å². The first-order valence-electron chi connectivity index (χ1n) is 6.26. The minimum absolute atomic E-state index is 0.271. The number of benzene rings is 1. The van der Waals surface area contributed by atoms with Crippen LogP contribution in [0.25, 0.3) is 10.9 Å². The van der Waals surface area contributed by atoms with E-state index in [1.807, 2.05) is 42.1 Å². The standard InChI is InChI=1S/C15H14N4O/c1-19-10-13(12-4-2-3-5-14(12)19)18-15(20)17-11-6-8-16-9-7-11/h2-10H,1H3,(H2,16,17,18,20). The molecule has 2 N–H and O–H groups in total. The van der Waals surface area contributed by atoms with Gasteiger partial charge in [0.2, 0.25) is 0 Å². The molecular formula is C15H14N4O. The highest BCUT2D eigenvalue weighted by Gasteiger charge is 2.09. The van der Waals surface area contributed by atoms with Crippen LogP contribution < -0.4 is 10.6 Å². The number of nitrogens with one attached hydrogen (secondary N) is 2. The van der Waals surface area contributed by atoms with Crippen LogP contribution in [0.2, 0.25) is 0 Å². The Labute approximate surface area is 116 Å². The van der Waals surface area contributed by atoms with Crippen molar-refractivity contribution in [3.63, 3.8) is 0 Å². The minimum atomic E-state index is -0.271. The van der Waals surface area contributed by atoms with Crippen LogP contribution in [0.15, 0.2) is 55.0 Å². The van der Waals surface area contributed by atoms with Gasteiger partial charge in [-0.1, -0.05) is 18.2 Å². The van der Waals surface area contributed by atoms with Gasteiger partial charge in [-0.25, -0.2) is 4.79 Å². The van der Waals surface area contributed by atoms with Crippen LogP contribution in [-0.4, -0.2) is 15.6 Å². The van der Waals surface area contributed by atoms with E-state index in [1.165, 1.54) is 0 Å². The molecule has 0 fully saturated rings. The summed E-state index contributed by atoms with van der Waals surface area (Å²) in [5.41, 5.74) is 2.57. The molecule has 1 aromatic carbocycles. The second-order valence-corrected chi connectivity index (χ2v) is 4.49. The van der Waals surface area contributed by atoms with Crippen molar-refractivity contribution in [1.82, 2.24) is 9.55 Å². The molecule has 0 aliphatic rings. The molecule has 0 atom stereocenters. The number of carbonyl (C=O) groups excluding carboxylic acids is 1. The van der Waals surface area contributed by atoms with E-state index in [0.717, 1.165) is 16.6 Å². The van der Waals surface area contributed by atoms with Crippen molar-refractivity contribution >= 4 is 28.3 Å². The molecule has 2 heterocycles. The Hall–Kier alpha value is -2.82. The summed E-state index contributed by atoms with van der Waals surface area (Å²) < 4.78 is 1.98. The van der Waals surface area contributed by atoms with Crippen LogP contribution >= 0.6 is 0 Å². The number of aromatic nitrogens is 2. The van der Waals surface area contributed by atoms with Crippen molar-refractivity contribution in [3.05, 3.63) is 55.0 Å². The number of anilines is 2. The molecule has 20 heavy (non-hydrogen) atoms. The van der Waals surface area contributed by atoms with E-state index in [9.17, 15) is 4.79 Å². The maximum Gasteiger partial charge on any atom is 0.323 e. The fraction of sp³-hybridized carbons (Fsp3) is 0.0667. The van der Waals surface area contributed by atoms with E-state index in [0.29, 0.717) is 5.69 Å². The molecule has 2 aromatic heterocycles. The summed E-state index contributed by atoms with van der Waals surface area (Å²) in [6, 6.07) is 11.1. The van der Waals surface area contributed by atoms with Crippen molar-refractivity contribution in [1.29, 1.82) is 0 Å². The Morgan fingerprint density at radius 2 is 1.85 bits per heavy atom. The number of hydrogen-bond donors (Lipinski definition) is 2. The third kappa shape index (κ3) is 2.33. The normalized spacial score (nSPS) is 10.4. The number of nitrogens with zero attached hydrogens (tertiary/aromatic N) is 2. The molecule has 3 aromatic rings. The van der Waals surface area contributed by atoms with Gasteiger partial charge < -0.3 is 15.2 Å². The van der Waals surface area contributed by atoms with E-state index in [2.05, 4.69) is 15.6 Å². The molecule has 100 valence electrons. The zero-order valence-electron chi connectivity index (χ0n) is 11.0. The van der Waals surface area contributed by atoms with Crippen LogP contribution in [0.4, 0.5) is 16.2 Å². The van der Waals surface area contributed by atoms with Crippen molar-refractivity contribution in [3.8, 4) is 0 Å². The molecule has 0 spiro atoms. The van der Waals surface area contributed by atoms with E-state index in [4.69, 9.17) is 0 Å². The van der Waals surface area contributed by atoms with Gasteiger partial charge in [0.25, 0.3) is 0 Å². The Balaban J connectivity index is 1.81. The van der Waals surface area contributed by atoms with Crippen molar-refractivity contribution in [2.75, 3.05) is 10.6 Å². The second kappa shape index (κ2) is 5.05. The molecule has 0 aliphatic carbocycles. The van der Waals surface area contributed by atoms with Gasteiger partial charge >= 0.3 is 6.03 Å². The Morgan fingerprint density at radius 3 is 2.65 bits per heavy atom. The van der Waals surface area contributed by atoms with E-state index < -0.39 is 0 Å². The number of fused-ring (bicyclic) bond motifs is 1. The molecule has 5 nitrogen and oxygen atoms in total. The van der Waals surface area contributed by atoms with Crippen LogP contribution in [-0.2, 0) is 7.05 Å². The largest absolute Gasteiger partial charge is 0.348 e. The van der Waals surface area contributed by atoms with E-state index in [-0.39, 0.29) is 6.03 Å². The van der Waals surface area contributed by atoms with Crippen molar-refractivity contribution in [2.45, 2.75) is 0 Å². The van der Waals surface area contributed by atoms with Crippen LogP contribution in [0.1, 0.15) is 0 Å². The molecule has 5 heteroatoms. The van der Waals surface area contributed by atoms with Gasteiger partial charge in [0.15, 0.2) is 0 Å². The number of amides is 2. The van der Waals surface area contributed by atoms with Gasteiger partial charge in [0, 0.05) is 42.2 Å². The molecule has 0 radical (unpaired) electrons. The predicted molar refractivity (Wildman–Crippen MR) is 79.8 cm³/mol. The molecule has 3 rings (SSSR count). The minimum Gasteiger partial charge on any atom is -0.348 e. The number of carbonyl (C=O) groups is 1. The third-order valence-corrected chi connectivity index (χ3v) is 3.08. The summed E-state index contributed by atoms with van der Waals surface area (Å²) >= 11 is 0. The molecule has 0 saturated carbocycles. The predicted octanol–water partition coefficient (Wildman–Crippen LogP) is 3.22. The second-order valence-electron chi connectivity index (χ2n) is 4.49. The van der Waals surface area contributed by atoms with Crippen LogP contribution in [0.3, 0.4) is 0 Å². The zero-order chi connectivity index (χ0) is 13.9. The maximum atomic E-state index is 12.0. The summed E-state index contributed by atoms with van der Waals surface area (Å²) in [6.07, 6.45) is 5.16. The number of para-hydroxylation sites is 1. The highest BCUT2D eigenvalue weighted by Crippen LogP contribution is 2.24. The van der Waals surface area contributed by atoms with Crippen LogP contribution in [0.5, 0.6) is 0 Å². The van der Waals surface area contributed by atoms with Gasteiger partial charge in [0.05, 0.1) is 5.69 Å². The smallest absolute Gasteiger partial charge is 0.323 e. The molecule has 0 bridgehead atoms. The lowest BCUT2D eigenvalue weighted by Gasteiger charge is -2.06. The van der Waals surface area contributed by atoms with E-state index >= 15 is 0 Å². The molecule has 0 aliphatic heterocycles. The Morgan fingerprint density at radius 1 is 1.10 bits per heavy atom. The molecular weight excluding hydrogens is 252 g/mol. The van der Waals surface area contributed by atoms with Gasteiger partial charge in [-0.2, -0.15) is 0 Å². The lowest BCUT2D eigenvalue weighted by Crippen LogP contribution is -2.19. The van der Waals surface area contributed by atoms with E-state index in [1.54, 1.807) is 24.5 Å². The summed E-state index contributed by atoms with van der Waals surface area (Å²) in [5, 5.41) is 6.64. The lowest BCUT2D eigenvalue weighted by molar-refractivity contribution is 0.262. The van der Waals surface area contributed by atoms with Gasteiger partial charge in [-0.3, -0.25) is 4.98 Å². The number of rotatable bonds is 2. The van der Waals surface area contributed by atoms with Gasteiger partial charge in [-0.05, 0) is 18.2 Å². The summed E-state index contributed by atoms with van der Waals surface area (Å²) in [6.45, 7) is 0. The fourth-order valence-corrected chi connectivity index (χ4v) is 2.16. The fourth-order valence-electron chi connectivity index (χ4n) is 2.16. The number of hydrogen-bond acceptors (Lipinski definition) is 2. The number of aryl methyl sites for hydroxylation is 1. The number of urea groups is 1. The summed E-state index contributed by atoms with van der Waals surface area (Å²) in [5.74, 6) is 0. The zero-order valence-corrected chi connectivity index (χ0v) is 11.0. The van der Waals surface area contributed by atoms with Crippen LogP contribution in [0, 0.1) is 0 Å². The number of pyridine rings is 1. The average Bonchev–Trinajstić information content (AvgIpc) is 2.77. The monoisotopic (exact) mass is 266 g/mol. The molecule has 2 amide bonds. The average molecular weight is 266 g/mol. The van der Waals surface area contributed by atoms with Crippen molar-refractivity contribution < 1.29 is 4.79 Å². The summed E-state index contributed by atoms with van der Waals surface area (Å²) in [4.78, 5) is 15.9. The maximum absolute atomic E-state index is 12.0. The Bertz CT molecular complexity index is 749. The Kier molecular flexibility index (Phi) is 3.09. The molecule has 0 unspecified atom stereocenters. The highest BCUT2D eigenvalue weighted by atomic mass is 16.2. The first-order chi connectivity index (χ1) is 9.74. The SMILES string of the molecule is Cn1cc(NC(=O)Nc2ccncc2)c2ccccc21. The summed E-state index contributed by atoms with van der Waals surface area (Å²) in [7, 11) is 1.95. The highest BCUT2D eigenvalue weighted by molar-refractivity contribution is 6.06. The lowest BCUT2D eigenvalue weighted by atomic mass is 10.2.